The third-order valence-electron chi connectivity index (χ3n) is 2.75. The maximum Gasteiger partial charge on any atom is 0.471 e. The topological polar surface area (TPSA) is 49.3 Å². The van der Waals surface area contributed by atoms with E-state index < -0.39 is 24.2 Å². The van der Waals surface area contributed by atoms with Gasteiger partial charge in [0.15, 0.2) is 0 Å². The number of fused-ring (bicyclic) bond motifs is 1. The highest BCUT2D eigenvalue weighted by atomic mass is 19.4. The Morgan fingerprint density at radius 1 is 1.35 bits per heavy atom. The minimum Gasteiger partial charge on any atom is -0.390 e. The van der Waals surface area contributed by atoms with Gasteiger partial charge in [-0.1, -0.05) is 24.3 Å². The molecular weight excluding hydrogens is 235 g/mol. The van der Waals surface area contributed by atoms with Crippen LogP contribution >= 0.6 is 0 Å². The molecule has 0 spiro atoms. The summed E-state index contributed by atoms with van der Waals surface area (Å²) in [5.41, 5.74) is 1.30. The number of hydrogen-bond acceptors (Lipinski definition) is 2. The number of alkyl halides is 3. The highest BCUT2D eigenvalue weighted by molar-refractivity contribution is 5.82. The van der Waals surface area contributed by atoms with Gasteiger partial charge >= 0.3 is 12.1 Å². The first-order chi connectivity index (χ1) is 7.89. The predicted molar refractivity (Wildman–Crippen MR) is 53.1 cm³/mol. The lowest BCUT2D eigenvalue weighted by Crippen LogP contribution is -2.41. The Hall–Kier alpha value is -1.56. The molecule has 0 fully saturated rings. The van der Waals surface area contributed by atoms with E-state index in [0.29, 0.717) is 5.56 Å². The Morgan fingerprint density at radius 3 is 2.65 bits per heavy atom. The van der Waals surface area contributed by atoms with E-state index in [2.05, 4.69) is 0 Å². The van der Waals surface area contributed by atoms with Crippen LogP contribution in [0, 0.1) is 0 Å². The molecule has 1 aromatic carbocycles. The van der Waals surface area contributed by atoms with Crippen LogP contribution in [-0.4, -0.2) is 23.3 Å². The lowest BCUT2D eigenvalue weighted by atomic mass is 10.1. The molecule has 0 bridgehead atoms. The van der Waals surface area contributed by atoms with Gasteiger partial charge in [-0.25, -0.2) is 0 Å². The summed E-state index contributed by atoms with van der Waals surface area (Å²) < 4.78 is 36.3. The normalized spacial score (nSPS) is 23.3. The largest absolute Gasteiger partial charge is 0.471 e. The number of halogens is 3. The predicted octanol–water partition coefficient (Wildman–Crippen LogP) is 1.32. The van der Waals surface area contributed by atoms with E-state index in [1.54, 1.807) is 24.3 Å². The van der Waals surface area contributed by atoms with Gasteiger partial charge in [0.2, 0.25) is 0 Å². The van der Waals surface area contributed by atoms with Crippen molar-refractivity contribution in [2.24, 2.45) is 0 Å². The van der Waals surface area contributed by atoms with Gasteiger partial charge in [0.1, 0.15) is 0 Å². The molecule has 0 aromatic heterocycles. The second-order valence-electron chi connectivity index (χ2n) is 3.92. The molecule has 6 heteroatoms. The molecule has 0 saturated carbocycles. The van der Waals surface area contributed by atoms with Crippen LogP contribution in [0.15, 0.2) is 24.3 Å². The van der Waals surface area contributed by atoms with Crippen LogP contribution in [0.1, 0.15) is 17.2 Å². The maximum absolute atomic E-state index is 12.1. The third kappa shape index (κ3) is 2.26. The summed E-state index contributed by atoms with van der Waals surface area (Å²) in [5.74, 6) is -2.03. The van der Waals surface area contributed by atoms with Crippen molar-refractivity contribution < 1.29 is 23.1 Å². The molecule has 1 aromatic rings. The zero-order valence-corrected chi connectivity index (χ0v) is 8.66. The Labute approximate surface area is 95.3 Å². The first kappa shape index (κ1) is 11.9. The van der Waals surface area contributed by atoms with Crippen molar-refractivity contribution in [1.29, 1.82) is 0 Å². The molecule has 17 heavy (non-hydrogen) atoms. The fourth-order valence-electron chi connectivity index (χ4n) is 1.97. The average Bonchev–Trinajstić information content (AvgIpc) is 2.54. The van der Waals surface area contributed by atoms with Gasteiger partial charge in [0.05, 0.1) is 12.1 Å². The summed E-state index contributed by atoms with van der Waals surface area (Å²) in [7, 11) is 0. The molecule has 0 aliphatic heterocycles. The maximum atomic E-state index is 12.1. The molecule has 0 radical (unpaired) electrons. The Balaban J connectivity index is 2.20. The molecule has 1 amide bonds. The number of amides is 1. The highest BCUT2D eigenvalue weighted by Gasteiger charge is 2.42. The van der Waals surface area contributed by atoms with E-state index in [9.17, 15) is 23.1 Å². The molecule has 92 valence electrons. The van der Waals surface area contributed by atoms with Crippen molar-refractivity contribution in [3.63, 3.8) is 0 Å². The smallest absolute Gasteiger partial charge is 0.390 e. The second-order valence-corrected chi connectivity index (χ2v) is 3.92. The van der Waals surface area contributed by atoms with Gasteiger partial charge in [-0.2, -0.15) is 13.2 Å². The number of aliphatic hydroxyl groups excluding tert-OH is 1. The quantitative estimate of drug-likeness (QED) is 0.784. The molecule has 3 nitrogen and oxygen atoms in total. The Morgan fingerprint density at radius 2 is 2.00 bits per heavy atom. The number of aliphatic hydroxyl groups is 1. The molecule has 0 saturated heterocycles. The van der Waals surface area contributed by atoms with Crippen molar-refractivity contribution in [2.45, 2.75) is 24.7 Å². The van der Waals surface area contributed by atoms with E-state index in [4.69, 9.17) is 0 Å². The van der Waals surface area contributed by atoms with Gasteiger partial charge in [-0.05, 0) is 11.1 Å². The van der Waals surface area contributed by atoms with Gasteiger partial charge in [-0.15, -0.1) is 0 Å². The first-order valence-corrected chi connectivity index (χ1v) is 5.03. The van der Waals surface area contributed by atoms with Crippen LogP contribution in [-0.2, 0) is 11.2 Å². The summed E-state index contributed by atoms with van der Waals surface area (Å²) in [6.45, 7) is 0. The van der Waals surface area contributed by atoms with Crippen molar-refractivity contribution in [1.82, 2.24) is 5.32 Å². The van der Waals surface area contributed by atoms with Crippen LogP contribution in [0.2, 0.25) is 0 Å². The minimum atomic E-state index is -4.93. The number of benzene rings is 1. The first-order valence-electron chi connectivity index (χ1n) is 5.03. The van der Waals surface area contributed by atoms with E-state index >= 15 is 0 Å². The Kier molecular flexibility index (Phi) is 2.82. The van der Waals surface area contributed by atoms with E-state index in [0.717, 1.165) is 5.56 Å². The number of carbonyl (C=O) groups is 1. The van der Waals surface area contributed by atoms with Crippen molar-refractivity contribution >= 4 is 5.91 Å². The molecule has 2 N–H and O–H groups in total. The second kappa shape index (κ2) is 4.03. The van der Waals surface area contributed by atoms with Gasteiger partial charge < -0.3 is 10.4 Å². The van der Waals surface area contributed by atoms with E-state index in [1.165, 1.54) is 0 Å². The van der Waals surface area contributed by atoms with Crippen molar-refractivity contribution in [2.75, 3.05) is 0 Å². The molecule has 1 aliphatic rings. The van der Waals surface area contributed by atoms with Crippen LogP contribution in [0.3, 0.4) is 0 Å². The van der Waals surface area contributed by atoms with Crippen LogP contribution < -0.4 is 5.32 Å². The van der Waals surface area contributed by atoms with E-state index in [1.807, 2.05) is 5.32 Å². The fraction of sp³-hybridized carbons (Fsp3) is 0.364. The van der Waals surface area contributed by atoms with Gasteiger partial charge in [0.25, 0.3) is 0 Å². The van der Waals surface area contributed by atoms with Crippen molar-refractivity contribution in [3.8, 4) is 0 Å². The number of rotatable bonds is 1. The summed E-state index contributed by atoms with van der Waals surface area (Å²) in [4.78, 5) is 10.8. The average molecular weight is 245 g/mol. The summed E-state index contributed by atoms with van der Waals surface area (Å²) in [5, 5.41) is 11.5. The van der Waals surface area contributed by atoms with Crippen molar-refractivity contribution in [3.05, 3.63) is 35.4 Å². The van der Waals surface area contributed by atoms with Gasteiger partial charge in [0, 0.05) is 6.42 Å². The molecule has 0 heterocycles. The van der Waals surface area contributed by atoms with Gasteiger partial charge in [-0.3, -0.25) is 4.79 Å². The van der Waals surface area contributed by atoms with Crippen LogP contribution in [0.4, 0.5) is 13.2 Å². The zero-order valence-electron chi connectivity index (χ0n) is 8.66. The summed E-state index contributed by atoms with van der Waals surface area (Å²) in [6, 6.07) is 5.73. The van der Waals surface area contributed by atoms with Crippen LogP contribution in [0.25, 0.3) is 0 Å². The monoisotopic (exact) mass is 245 g/mol. The number of carbonyl (C=O) groups excluding carboxylic acids is 1. The third-order valence-corrected chi connectivity index (χ3v) is 2.75. The lowest BCUT2D eigenvalue weighted by molar-refractivity contribution is -0.175. The number of hydrogen-bond donors (Lipinski definition) is 2. The molecule has 0 unspecified atom stereocenters. The highest BCUT2D eigenvalue weighted by Crippen LogP contribution is 2.32. The molecule has 2 rings (SSSR count). The summed E-state index contributed by atoms with van der Waals surface area (Å²) in [6.07, 6.45) is -5.70. The van der Waals surface area contributed by atoms with Crippen LogP contribution in [0.5, 0.6) is 0 Å². The standard InChI is InChI=1S/C11H10F3NO2/c12-11(13,14)10(17)15-9-7-4-2-1-3-6(7)5-8(9)16/h1-4,8-9,16H,5H2,(H,15,17)/t8-,9+/m1/s1. The summed E-state index contributed by atoms with van der Waals surface area (Å²) >= 11 is 0. The number of nitrogens with one attached hydrogen (secondary N) is 1. The van der Waals surface area contributed by atoms with E-state index in [-0.39, 0.29) is 6.42 Å². The SMILES string of the molecule is O=C(N[C@H]1c2ccccc2C[C@H]1O)C(F)(F)F. The molecule has 1 aliphatic carbocycles. The lowest BCUT2D eigenvalue weighted by Gasteiger charge is -2.18. The molecule has 2 atom stereocenters. The fourth-order valence-corrected chi connectivity index (χ4v) is 1.97. The Bertz CT molecular complexity index is 445. The molecular formula is C11H10F3NO2. The zero-order chi connectivity index (χ0) is 12.6. The minimum absolute atomic E-state index is 0.249.